The number of rotatable bonds is 6. The van der Waals surface area contributed by atoms with Gasteiger partial charge in [0.1, 0.15) is 5.69 Å². The zero-order chi connectivity index (χ0) is 15.6. The van der Waals surface area contributed by atoms with Crippen LogP contribution in [0, 0.1) is 10.1 Å². The average Bonchev–Trinajstić information content (AvgIpc) is 2.23. The summed E-state index contributed by atoms with van der Waals surface area (Å²) in [5.41, 5.74) is -0.670. The Hall–Kier alpha value is -1.38. The molecule has 0 amide bonds. The van der Waals surface area contributed by atoms with Crippen molar-refractivity contribution in [3.63, 3.8) is 0 Å². The Labute approximate surface area is 122 Å². The van der Waals surface area contributed by atoms with Crippen molar-refractivity contribution in [1.82, 2.24) is 4.72 Å². The van der Waals surface area contributed by atoms with E-state index >= 15 is 0 Å². The number of nitrogens with one attached hydrogen (secondary N) is 2. The van der Waals surface area contributed by atoms with Crippen LogP contribution in [0.5, 0.6) is 0 Å². The molecule has 0 radical (unpaired) electrons. The maximum absolute atomic E-state index is 11.2. The van der Waals surface area contributed by atoms with E-state index in [4.69, 9.17) is 11.6 Å². The first kappa shape index (κ1) is 16.7. The fourth-order valence-electron chi connectivity index (χ4n) is 1.66. The first-order valence-electron chi connectivity index (χ1n) is 5.67. The summed E-state index contributed by atoms with van der Waals surface area (Å²) >= 11 is 5.71. The molecule has 0 saturated heterocycles. The van der Waals surface area contributed by atoms with Gasteiger partial charge in [-0.3, -0.25) is 10.1 Å². The van der Waals surface area contributed by atoms with Crippen molar-refractivity contribution in [2.45, 2.75) is 19.4 Å². The third-order valence-electron chi connectivity index (χ3n) is 2.34. The highest BCUT2D eigenvalue weighted by Gasteiger charge is 2.23. The molecule has 0 atom stereocenters. The van der Waals surface area contributed by atoms with Crippen LogP contribution in [-0.2, 0) is 10.0 Å². The molecule has 2 N–H and O–H groups in total. The minimum absolute atomic E-state index is 0.160. The van der Waals surface area contributed by atoms with Crippen LogP contribution in [-0.4, -0.2) is 31.7 Å². The highest BCUT2D eigenvalue weighted by Crippen LogP contribution is 2.28. The predicted octanol–water partition coefficient (Wildman–Crippen LogP) is 1.99. The molecule has 0 unspecified atom stereocenters. The van der Waals surface area contributed by atoms with Crippen LogP contribution in [0.2, 0.25) is 5.02 Å². The molecule has 0 bridgehead atoms. The molecule has 9 heteroatoms. The highest BCUT2D eigenvalue weighted by molar-refractivity contribution is 7.88. The van der Waals surface area contributed by atoms with Crippen molar-refractivity contribution in [3.05, 3.63) is 33.3 Å². The first-order chi connectivity index (χ1) is 9.00. The summed E-state index contributed by atoms with van der Waals surface area (Å²) in [6.07, 6.45) is 1.06. The van der Waals surface area contributed by atoms with Crippen LogP contribution in [0.1, 0.15) is 13.8 Å². The molecule has 0 aliphatic heterocycles. The molecule has 0 spiro atoms. The van der Waals surface area contributed by atoms with Crippen LogP contribution in [0.15, 0.2) is 18.2 Å². The number of hydrogen-bond acceptors (Lipinski definition) is 5. The number of sulfonamides is 1. The molecule has 7 nitrogen and oxygen atoms in total. The monoisotopic (exact) mass is 321 g/mol. The lowest BCUT2D eigenvalue weighted by Crippen LogP contribution is -2.47. The number of nitro benzene ring substituents is 1. The number of anilines is 1. The second-order valence-corrected chi connectivity index (χ2v) is 7.22. The van der Waals surface area contributed by atoms with Crippen LogP contribution < -0.4 is 10.0 Å². The molecule has 0 aliphatic rings. The predicted molar refractivity (Wildman–Crippen MR) is 78.7 cm³/mol. The van der Waals surface area contributed by atoms with Gasteiger partial charge >= 0.3 is 0 Å². The highest BCUT2D eigenvalue weighted by atomic mass is 35.5. The van der Waals surface area contributed by atoms with Gasteiger partial charge < -0.3 is 5.32 Å². The van der Waals surface area contributed by atoms with E-state index in [2.05, 4.69) is 10.0 Å². The maximum atomic E-state index is 11.2. The van der Waals surface area contributed by atoms with Gasteiger partial charge in [-0.15, -0.1) is 0 Å². The fourth-order valence-corrected chi connectivity index (χ4v) is 2.90. The minimum Gasteiger partial charge on any atom is -0.378 e. The van der Waals surface area contributed by atoms with E-state index in [1.165, 1.54) is 18.2 Å². The summed E-state index contributed by atoms with van der Waals surface area (Å²) in [6, 6.07) is 4.24. The second kappa shape index (κ2) is 5.94. The molecular formula is C11H16ClN3O4S. The summed E-state index contributed by atoms with van der Waals surface area (Å²) < 4.78 is 24.9. The Bertz CT molecular complexity index is 616. The van der Waals surface area contributed by atoms with Gasteiger partial charge in [0.15, 0.2) is 0 Å². The molecule has 0 heterocycles. The van der Waals surface area contributed by atoms with E-state index in [-0.39, 0.29) is 22.9 Å². The smallest absolute Gasteiger partial charge is 0.293 e. The normalized spacial score (nSPS) is 12.2. The van der Waals surface area contributed by atoms with Gasteiger partial charge in [-0.05, 0) is 26.0 Å². The van der Waals surface area contributed by atoms with Gasteiger partial charge in [-0.2, -0.15) is 0 Å². The lowest BCUT2D eigenvalue weighted by molar-refractivity contribution is -0.383. The van der Waals surface area contributed by atoms with Gasteiger partial charge in [0.2, 0.25) is 10.0 Å². The lowest BCUT2D eigenvalue weighted by Gasteiger charge is -2.25. The van der Waals surface area contributed by atoms with Gasteiger partial charge in [-0.1, -0.05) is 11.6 Å². The summed E-state index contributed by atoms with van der Waals surface area (Å²) in [6.45, 7) is 3.52. The Morgan fingerprint density at radius 3 is 2.50 bits per heavy atom. The topological polar surface area (TPSA) is 101 Å². The van der Waals surface area contributed by atoms with E-state index in [9.17, 15) is 18.5 Å². The number of hydrogen-bond donors (Lipinski definition) is 2. The van der Waals surface area contributed by atoms with Crippen molar-refractivity contribution in [2.75, 3.05) is 18.1 Å². The Kier molecular flexibility index (Phi) is 4.95. The van der Waals surface area contributed by atoms with Gasteiger partial charge in [0.05, 0.1) is 11.2 Å². The van der Waals surface area contributed by atoms with E-state index in [0.717, 1.165) is 6.26 Å². The summed E-state index contributed by atoms with van der Waals surface area (Å²) in [5, 5.41) is 14.0. The zero-order valence-corrected chi connectivity index (χ0v) is 12.9. The summed E-state index contributed by atoms with van der Waals surface area (Å²) in [7, 11) is -3.36. The first-order valence-corrected chi connectivity index (χ1v) is 7.94. The summed E-state index contributed by atoms with van der Waals surface area (Å²) in [5.74, 6) is 0. The quantitative estimate of drug-likeness (QED) is 0.616. The molecule has 112 valence electrons. The third-order valence-corrected chi connectivity index (χ3v) is 3.50. The maximum Gasteiger partial charge on any atom is 0.293 e. The van der Waals surface area contributed by atoms with E-state index in [1.807, 2.05) is 0 Å². The molecule has 0 fully saturated rings. The van der Waals surface area contributed by atoms with Crippen molar-refractivity contribution in [2.24, 2.45) is 0 Å². The van der Waals surface area contributed by atoms with Crippen molar-refractivity contribution in [3.8, 4) is 0 Å². The Morgan fingerprint density at radius 1 is 1.40 bits per heavy atom. The molecule has 1 rings (SSSR count). The average molecular weight is 322 g/mol. The Balaban J connectivity index is 2.87. The SMILES string of the molecule is CC(C)(CNc1ccc(Cl)cc1[N+](=O)[O-])NS(C)(=O)=O. The number of halogens is 1. The van der Waals surface area contributed by atoms with Crippen LogP contribution in [0.25, 0.3) is 0 Å². The van der Waals surface area contributed by atoms with Crippen molar-refractivity contribution < 1.29 is 13.3 Å². The van der Waals surface area contributed by atoms with Gasteiger partial charge in [-0.25, -0.2) is 13.1 Å². The van der Waals surface area contributed by atoms with Crippen molar-refractivity contribution in [1.29, 1.82) is 0 Å². The van der Waals surface area contributed by atoms with Crippen LogP contribution in [0.4, 0.5) is 11.4 Å². The summed E-state index contributed by atoms with van der Waals surface area (Å²) in [4.78, 5) is 10.4. The molecule has 1 aromatic rings. The van der Waals surface area contributed by atoms with Crippen molar-refractivity contribution >= 4 is 33.0 Å². The zero-order valence-electron chi connectivity index (χ0n) is 11.3. The Morgan fingerprint density at radius 2 is 2.00 bits per heavy atom. The standard InChI is InChI=1S/C11H16ClN3O4S/c1-11(2,14-20(3,18)19)7-13-9-5-4-8(12)6-10(9)15(16)17/h4-6,13-14H,7H2,1-3H3. The van der Waals surface area contributed by atoms with Crippen LogP contribution >= 0.6 is 11.6 Å². The number of nitrogens with zero attached hydrogens (tertiary/aromatic N) is 1. The molecule has 1 aromatic carbocycles. The number of benzene rings is 1. The largest absolute Gasteiger partial charge is 0.378 e. The van der Waals surface area contributed by atoms with E-state index in [0.29, 0.717) is 0 Å². The molecule has 20 heavy (non-hydrogen) atoms. The van der Waals surface area contributed by atoms with E-state index < -0.39 is 20.5 Å². The second-order valence-electron chi connectivity index (χ2n) is 5.03. The fraction of sp³-hybridized carbons (Fsp3) is 0.455. The minimum atomic E-state index is -3.36. The van der Waals surface area contributed by atoms with Gasteiger partial charge in [0, 0.05) is 23.2 Å². The van der Waals surface area contributed by atoms with Crippen LogP contribution in [0.3, 0.4) is 0 Å². The third kappa shape index (κ3) is 5.32. The molecular weight excluding hydrogens is 306 g/mol. The number of nitro groups is 1. The molecule has 0 aliphatic carbocycles. The molecule has 0 aromatic heterocycles. The van der Waals surface area contributed by atoms with E-state index in [1.54, 1.807) is 13.8 Å². The lowest BCUT2D eigenvalue weighted by atomic mass is 10.1. The molecule has 0 saturated carbocycles. The van der Waals surface area contributed by atoms with Gasteiger partial charge in [0.25, 0.3) is 5.69 Å².